The van der Waals surface area contributed by atoms with E-state index in [1.54, 1.807) is 62.4 Å². The average molecular weight is 340 g/mol. The van der Waals surface area contributed by atoms with Gasteiger partial charge >= 0.3 is 17.8 Å². The molecular weight excluding hydrogens is 320 g/mol. The maximum absolute atomic E-state index is 13.2. The minimum Gasteiger partial charge on any atom is -0.325 e. The summed E-state index contributed by atoms with van der Waals surface area (Å²) in [7, 11) is 0. The Balaban J connectivity index is 2.15. The Kier molecular flexibility index (Phi) is 4.83. The number of carbonyl (C=O) groups excluding carboxylic acids is 2. The van der Waals surface area contributed by atoms with Gasteiger partial charge in [-0.25, -0.2) is 14.6 Å². The van der Waals surface area contributed by atoms with Gasteiger partial charge in [0.05, 0.1) is 11.4 Å². The predicted octanol–water partition coefficient (Wildman–Crippen LogP) is 3.39. The molecular formula is C19H20N2O4. The van der Waals surface area contributed by atoms with E-state index >= 15 is 0 Å². The number of rotatable bonds is 6. The minimum absolute atomic E-state index is 0.213. The largest absolute Gasteiger partial charge is 0.344 e. The second-order valence-electron chi connectivity index (χ2n) is 5.38. The Morgan fingerprint density at radius 3 is 1.76 bits per heavy atom. The monoisotopic (exact) mass is 340 g/mol. The number of imide groups is 1. The lowest BCUT2D eigenvalue weighted by atomic mass is 10.2. The van der Waals surface area contributed by atoms with Crippen LogP contribution in [0, 0.1) is 0 Å². The van der Waals surface area contributed by atoms with Crippen molar-refractivity contribution in [3.05, 3.63) is 60.7 Å². The van der Waals surface area contributed by atoms with Crippen LogP contribution in [-0.4, -0.2) is 31.1 Å². The Morgan fingerprint density at radius 2 is 1.28 bits per heavy atom. The standard InChI is InChI=1S/C19H20N2O4/c1-3-24-19(25-4-2)17(22)20(15-11-7-5-8-12-15)18(23)21(19)16-13-9-6-10-14-16/h5-14H,3-4H2,1-2H3. The number of anilines is 2. The van der Waals surface area contributed by atoms with E-state index in [4.69, 9.17) is 9.47 Å². The van der Waals surface area contributed by atoms with Crippen LogP contribution in [0.3, 0.4) is 0 Å². The fourth-order valence-electron chi connectivity index (χ4n) is 2.90. The molecule has 3 amide bonds. The van der Waals surface area contributed by atoms with Gasteiger partial charge in [0.25, 0.3) is 0 Å². The molecule has 6 heteroatoms. The number of ether oxygens (including phenoxy) is 2. The molecule has 0 atom stereocenters. The molecule has 0 radical (unpaired) electrons. The first-order valence-corrected chi connectivity index (χ1v) is 8.22. The Morgan fingerprint density at radius 1 is 0.800 bits per heavy atom. The van der Waals surface area contributed by atoms with E-state index in [1.165, 1.54) is 4.90 Å². The summed E-state index contributed by atoms with van der Waals surface area (Å²) < 4.78 is 11.4. The molecule has 0 bridgehead atoms. The van der Waals surface area contributed by atoms with Crippen LogP contribution in [0.4, 0.5) is 16.2 Å². The van der Waals surface area contributed by atoms with E-state index in [0.29, 0.717) is 11.4 Å². The van der Waals surface area contributed by atoms with Crippen molar-refractivity contribution < 1.29 is 19.1 Å². The summed E-state index contributed by atoms with van der Waals surface area (Å²) in [5, 5.41) is 0. The highest BCUT2D eigenvalue weighted by molar-refractivity contribution is 6.29. The third-order valence-corrected chi connectivity index (χ3v) is 3.86. The number of hydrogen-bond acceptors (Lipinski definition) is 4. The average Bonchev–Trinajstić information content (AvgIpc) is 2.84. The molecule has 3 rings (SSSR count). The molecule has 0 saturated carbocycles. The zero-order valence-corrected chi connectivity index (χ0v) is 14.2. The van der Waals surface area contributed by atoms with Gasteiger partial charge in [0.2, 0.25) is 0 Å². The SMILES string of the molecule is CCOC1(OCC)C(=O)N(c2ccccc2)C(=O)N1c1ccccc1. The Hall–Kier alpha value is -2.70. The van der Waals surface area contributed by atoms with Crippen molar-refractivity contribution in [2.45, 2.75) is 19.8 Å². The topological polar surface area (TPSA) is 59.1 Å². The molecule has 1 aliphatic rings. The number of para-hydroxylation sites is 2. The first-order valence-electron chi connectivity index (χ1n) is 8.22. The summed E-state index contributed by atoms with van der Waals surface area (Å²) in [6.45, 7) is 3.94. The molecule has 0 unspecified atom stereocenters. The van der Waals surface area contributed by atoms with Gasteiger partial charge in [0.1, 0.15) is 0 Å². The third kappa shape index (κ3) is 2.79. The number of carbonyl (C=O) groups is 2. The maximum atomic E-state index is 13.2. The van der Waals surface area contributed by atoms with Crippen molar-refractivity contribution >= 4 is 23.3 Å². The highest BCUT2D eigenvalue weighted by atomic mass is 16.7. The fourth-order valence-corrected chi connectivity index (χ4v) is 2.90. The fraction of sp³-hybridized carbons (Fsp3) is 0.263. The van der Waals surface area contributed by atoms with E-state index in [0.717, 1.165) is 4.90 Å². The molecule has 1 fully saturated rings. The van der Waals surface area contributed by atoms with Gasteiger partial charge in [-0.05, 0) is 38.1 Å². The lowest BCUT2D eigenvalue weighted by Crippen LogP contribution is -2.54. The number of urea groups is 1. The van der Waals surface area contributed by atoms with Crippen LogP contribution in [0.25, 0.3) is 0 Å². The number of amides is 3. The molecule has 0 aliphatic carbocycles. The molecule has 0 aromatic heterocycles. The normalized spacial score (nSPS) is 16.6. The Labute approximate surface area is 146 Å². The molecule has 1 heterocycles. The molecule has 2 aromatic carbocycles. The zero-order valence-electron chi connectivity index (χ0n) is 14.2. The first-order chi connectivity index (χ1) is 12.2. The second kappa shape index (κ2) is 7.04. The maximum Gasteiger partial charge on any atom is 0.344 e. The summed E-state index contributed by atoms with van der Waals surface area (Å²) in [5.41, 5.74) is 1.00. The Bertz CT molecular complexity index is 743. The minimum atomic E-state index is -1.81. The molecule has 1 aliphatic heterocycles. The quantitative estimate of drug-likeness (QED) is 0.597. The first kappa shape index (κ1) is 17.1. The molecule has 6 nitrogen and oxygen atoms in total. The van der Waals surface area contributed by atoms with Crippen molar-refractivity contribution in [2.24, 2.45) is 0 Å². The van der Waals surface area contributed by atoms with E-state index < -0.39 is 17.8 Å². The summed E-state index contributed by atoms with van der Waals surface area (Å²) in [6.07, 6.45) is 0. The van der Waals surface area contributed by atoms with Crippen LogP contribution in [0.5, 0.6) is 0 Å². The van der Waals surface area contributed by atoms with E-state index in [2.05, 4.69) is 0 Å². The second-order valence-corrected chi connectivity index (χ2v) is 5.38. The van der Waals surface area contributed by atoms with Gasteiger partial charge in [-0.1, -0.05) is 36.4 Å². The van der Waals surface area contributed by atoms with Gasteiger partial charge in [-0.2, -0.15) is 0 Å². The van der Waals surface area contributed by atoms with Crippen molar-refractivity contribution in [3.63, 3.8) is 0 Å². The smallest absolute Gasteiger partial charge is 0.325 e. The van der Waals surface area contributed by atoms with Crippen molar-refractivity contribution in [1.82, 2.24) is 0 Å². The molecule has 25 heavy (non-hydrogen) atoms. The zero-order chi connectivity index (χ0) is 17.9. The van der Waals surface area contributed by atoms with Crippen LogP contribution in [0.15, 0.2) is 60.7 Å². The summed E-state index contributed by atoms with van der Waals surface area (Å²) >= 11 is 0. The van der Waals surface area contributed by atoms with E-state index in [1.807, 2.05) is 12.1 Å². The molecule has 1 saturated heterocycles. The van der Waals surface area contributed by atoms with Crippen LogP contribution < -0.4 is 9.80 Å². The third-order valence-electron chi connectivity index (χ3n) is 3.86. The highest BCUT2D eigenvalue weighted by Gasteiger charge is 2.61. The summed E-state index contributed by atoms with van der Waals surface area (Å²) in [5.74, 6) is -2.37. The van der Waals surface area contributed by atoms with Crippen LogP contribution in [0.2, 0.25) is 0 Å². The summed E-state index contributed by atoms with van der Waals surface area (Å²) in [4.78, 5) is 28.7. The molecule has 0 spiro atoms. The lowest BCUT2D eigenvalue weighted by Gasteiger charge is -2.33. The number of hydrogen-bond donors (Lipinski definition) is 0. The van der Waals surface area contributed by atoms with Gasteiger partial charge in [0, 0.05) is 13.2 Å². The molecule has 0 N–H and O–H groups in total. The van der Waals surface area contributed by atoms with Gasteiger partial charge in [-0.3, -0.25) is 4.79 Å². The van der Waals surface area contributed by atoms with Gasteiger partial charge in [0.15, 0.2) is 0 Å². The van der Waals surface area contributed by atoms with Gasteiger partial charge < -0.3 is 9.47 Å². The number of benzene rings is 2. The van der Waals surface area contributed by atoms with Crippen molar-refractivity contribution in [3.8, 4) is 0 Å². The van der Waals surface area contributed by atoms with Crippen molar-refractivity contribution in [1.29, 1.82) is 0 Å². The molecule has 130 valence electrons. The van der Waals surface area contributed by atoms with Crippen LogP contribution in [0.1, 0.15) is 13.8 Å². The highest BCUT2D eigenvalue weighted by Crippen LogP contribution is 2.37. The van der Waals surface area contributed by atoms with E-state index in [-0.39, 0.29) is 13.2 Å². The summed E-state index contributed by atoms with van der Waals surface area (Å²) in [6, 6.07) is 17.2. The molecule has 2 aromatic rings. The van der Waals surface area contributed by atoms with Crippen LogP contribution >= 0.6 is 0 Å². The van der Waals surface area contributed by atoms with Crippen LogP contribution in [-0.2, 0) is 14.3 Å². The van der Waals surface area contributed by atoms with Gasteiger partial charge in [-0.15, -0.1) is 0 Å². The predicted molar refractivity (Wildman–Crippen MR) is 94.2 cm³/mol. The van der Waals surface area contributed by atoms with E-state index in [9.17, 15) is 9.59 Å². The number of nitrogens with zero attached hydrogens (tertiary/aromatic N) is 2. The lowest BCUT2D eigenvalue weighted by molar-refractivity contribution is -0.216. The van der Waals surface area contributed by atoms with Crippen molar-refractivity contribution in [2.75, 3.05) is 23.0 Å².